The molecule has 0 saturated carbocycles. The fourth-order valence-electron chi connectivity index (χ4n) is 1.90. The maximum Gasteiger partial charge on any atom is 0.274 e. The molecular weight excluding hydrogens is 353 g/mol. The van der Waals surface area contributed by atoms with Crippen molar-refractivity contribution < 1.29 is 9.32 Å². The summed E-state index contributed by atoms with van der Waals surface area (Å²) in [5.74, 6) is 1.06. The predicted molar refractivity (Wildman–Crippen MR) is 91.0 cm³/mol. The number of carbonyl (C=O) groups is 1. The van der Waals surface area contributed by atoms with Gasteiger partial charge < -0.3 is 15.2 Å². The molecule has 9 heteroatoms. The van der Waals surface area contributed by atoms with Crippen LogP contribution in [0.4, 0.5) is 17.3 Å². The van der Waals surface area contributed by atoms with E-state index in [1.807, 2.05) is 0 Å². The molecule has 0 radical (unpaired) electrons. The molecule has 2 heterocycles. The summed E-state index contributed by atoms with van der Waals surface area (Å²) in [6.07, 6.45) is 1.26. The Morgan fingerprint density at radius 2 is 1.88 bits per heavy atom. The second-order valence-corrected chi connectivity index (χ2v) is 5.60. The van der Waals surface area contributed by atoms with Crippen molar-refractivity contribution in [3.05, 3.63) is 58.2 Å². The van der Waals surface area contributed by atoms with Crippen LogP contribution in [0.1, 0.15) is 16.2 Å². The largest absolute Gasteiger partial charge is 0.360 e. The van der Waals surface area contributed by atoms with Crippen LogP contribution < -0.4 is 10.6 Å². The first-order chi connectivity index (χ1) is 11.5. The van der Waals surface area contributed by atoms with Gasteiger partial charge in [-0.2, -0.15) is 0 Å². The number of benzene rings is 1. The first-order valence-corrected chi connectivity index (χ1v) is 7.56. The van der Waals surface area contributed by atoms with Gasteiger partial charge in [-0.15, -0.1) is 0 Å². The molecule has 0 aliphatic carbocycles. The lowest BCUT2D eigenvalue weighted by Gasteiger charge is -2.09. The second kappa shape index (κ2) is 6.86. The number of hydrogen-bond acceptors (Lipinski definition) is 6. The summed E-state index contributed by atoms with van der Waals surface area (Å²) in [5, 5.41) is 10.0. The normalized spacial score (nSPS) is 10.5. The van der Waals surface area contributed by atoms with Gasteiger partial charge in [0.1, 0.15) is 23.6 Å². The maximum atomic E-state index is 12.3. The average molecular weight is 364 g/mol. The van der Waals surface area contributed by atoms with E-state index in [0.717, 1.165) is 0 Å². The average Bonchev–Trinajstić information content (AvgIpc) is 2.96. The number of para-hydroxylation sites is 1. The highest BCUT2D eigenvalue weighted by Gasteiger charge is 2.14. The quantitative estimate of drug-likeness (QED) is 0.725. The predicted octanol–water partition coefficient (Wildman–Crippen LogP) is 4.08. The lowest BCUT2D eigenvalue weighted by molar-refractivity contribution is 0.102. The van der Waals surface area contributed by atoms with Crippen LogP contribution in [0.5, 0.6) is 0 Å². The fraction of sp³-hybridized carbons (Fsp3) is 0.0667. The number of halogens is 2. The van der Waals surface area contributed by atoms with Gasteiger partial charge in [0.25, 0.3) is 5.91 Å². The molecule has 1 aromatic carbocycles. The van der Waals surface area contributed by atoms with Gasteiger partial charge >= 0.3 is 0 Å². The number of rotatable bonds is 4. The van der Waals surface area contributed by atoms with Gasteiger partial charge in [-0.05, 0) is 19.1 Å². The SMILES string of the molecule is Cc1cc(Nc2cc(C(=O)Nc3c(Cl)cccc3Cl)ncn2)no1. The molecule has 0 unspecified atom stereocenters. The Kier molecular flexibility index (Phi) is 4.64. The maximum absolute atomic E-state index is 12.3. The Bertz CT molecular complexity index is 877. The number of nitrogens with zero attached hydrogens (tertiary/aromatic N) is 3. The number of nitrogens with one attached hydrogen (secondary N) is 2. The molecule has 122 valence electrons. The fourth-order valence-corrected chi connectivity index (χ4v) is 2.39. The lowest BCUT2D eigenvalue weighted by atomic mass is 10.3. The van der Waals surface area contributed by atoms with Crippen molar-refractivity contribution >= 4 is 46.4 Å². The van der Waals surface area contributed by atoms with Crippen LogP contribution in [0.15, 0.2) is 41.2 Å². The molecule has 1 amide bonds. The molecule has 0 aliphatic heterocycles. The van der Waals surface area contributed by atoms with Crippen molar-refractivity contribution in [1.82, 2.24) is 15.1 Å². The number of carbonyl (C=O) groups excluding carboxylic acids is 1. The van der Waals surface area contributed by atoms with E-state index < -0.39 is 5.91 Å². The molecule has 2 aromatic heterocycles. The minimum absolute atomic E-state index is 0.142. The zero-order valence-corrected chi connectivity index (χ0v) is 13.9. The highest BCUT2D eigenvalue weighted by Crippen LogP contribution is 2.30. The van der Waals surface area contributed by atoms with Crippen molar-refractivity contribution in [3.63, 3.8) is 0 Å². The van der Waals surface area contributed by atoms with E-state index in [0.29, 0.717) is 33.1 Å². The van der Waals surface area contributed by atoms with E-state index in [-0.39, 0.29) is 5.69 Å². The Balaban J connectivity index is 1.79. The number of hydrogen-bond donors (Lipinski definition) is 2. The number of aromatic nitrogens is 3. The summed E-state index contributed by atoms with van der Waals surface area (Å²) in [6, 6.07) is 8.12. The summed E-state index contributed by atoms with van der Waals surface area (Å²) < 4.78 is 4.96. The van der Waals surface area contributed by atoms with Crippen molar-refractivity contribution in [2.75, 3.05) is 10.6 Å². The van der Waals surface area contributed by atoms with E-state index in [9.17, 15) is 4.79 Å². The lowest BCUT2D eigenvalue weighted by Crippen LogP contribution is -2.15. The number of anilines is 3. The van der Waals surface area contributed by atoms with Crippen molar-refractivity contribution in [2.45, 2.75) is 6.92 Å². The Hall–Kier alpha value is -2.64. The molecule has 0 fully saturated rings. The molecule has 0 atom stereocenters. The van der Waals surface area contributed by atoms with E-state index in [4.69, 9.17) is 27.7 Å². The molecule has 0 bridgehead atoms. The number of amides is 1. The third-order valence-electron chi connectivity index (χ3n) is 2.99. The van der Waals surface area contributed by atoms with Gasteiger partial charge in [0, 0.05) is 12.1 Å². The topological polar surface area (TPSA) is 92.9 Å². The molecule has 3 aromatic rings. The van der Waals surface area contributed by atoms with Crippen LogP contribution in [0, 0.1) is 6.92 Å². The molecule has 7 nitrogen and oxygen atoms in total. The van der Waals surface area contributed by atoms with Crippen molar-refractivity contribution in [2.24, 2.45) is 0 Å². The Morgan fingerprint density at radius 3 is 2.54 bits per heavy atom. The van der Waals surface area contributed by atoms with Crippen LogP contribution in [0.3, 0.4) is 0 Å². The van der Waals surface area contributed by atoms with Gasteiger partial charge in [0.15, 0.2) is 5.82 Å². The first kappa shape index (κ1) is 16.2. The Labute approximate surface area is 147 Å². The highest BCUT2D eigenvalue weighted by molar-refractivity contribution is 6.40. The highest BCUT2D eigenvalue weighted by atomic mass is 35.5. The van der Waals surface area contributed by atoms with Crippen LogP contribution in [-0.4, -0.2) is 21.0 Å². The summed E-state index contributed by atoms with van der Waals surface area (Å²) in [6.45, 7) is 1.77. The summed E-state index contributed by atoms with van der Waals surface area (Å²) in [7, 11) is 0. The molecule has 0 saturated heterocycles. The van der Waals surface area contributed by atoms with Crippen molar-refractivity contribution in [1.29, 1.82) is 0 Å². The van der Waals surface area contributed by atoms with E-state index in [1.54, 1.807) is 31.2 Å². The van der Waals surface area contributed by atoms with Crippen LogP contribution in [0.2, 0.25) is 10.0 Å². The number of aryl methyl sites for hydroxylation is 1. The van der Waals surface area contributed by atoms with Crippen molar-refractivity contribution in [3.8, 4) is 0 Å². The van der Waals surface area contributed by atoms with Crippen LogP contribution in [0.25, 0.3) is 0 Å². The Morgan fingerprint density at radius 1 is 1.12 bits per heavy atom. The molecular formula is C15H11Cl2N5O2. The van der Waals surface area contributed by atoms with E-state index in [2.05, 4.69) is 25.8 Å². The first-order valence-electron chi connectivity index (χ1n) is 6.80. The summed E-state index contributed by atoms with van der Waals surface area (Å²) in [5.41, 5.74) is 0.467. The molecule has 24 heavy (non-hydrogen) atoms. The zero-order valence-electron chi connectivity index (χ0n) is 12.4. The van der Waals surface area contributed by atoms with Gasteiger partial charge in [-0.3, -0.25) is 4.79 Å². The van der Waals surface area contributed by atoms with E-state index in [1.165, 1.54) is 12.4 Å². The van der Waals surface area contributed by atoms with Crippen LogP contribution >= 0.6 is 23.2 Å². The van der Waals surface area contributed by atoms with Gasteiger partial charge in [0.05, 0.1) is 15.7 Å². The molecule has 3 rings (SSSR count). The monoisotopic (exact) mass is 363 g/mol. The van der Waals surface area contributed by atoms with Crippen LogP contribution in [-0.2, 0) is 0 Å². The third kappa shape index (κ3) is 3.64. The summed E-state index contributed by atoms with van der Waals surface area (Å²) in [4.78, 5) is 20.3. The van der Waals surface area contributed by atoms with Gasteiger partial charge in [-0.1, -0.05) is 34.4 Å². The molecule has 0 spiro atoms. The molecule has 2 N–H and O–H groups in total. The van der Waals surface area contributed by atoms with Gasteiger partial charge in [0.2, 0.25) is 0 Å². The standard InChI is InChI=1S/C15H11Cl2N5O2/c1-8-5-13(22-24-8)20-12-6-11(18-7-19-12)15(23)21-14-9(16)3-2-4-10(14)17/h2-7H,1H3,(H,21,23)(H,18,19,20,22). The second-order valence-electron chi connectivity index (χ2n) is 4.79. The van der Waals surface area contributed by atoms with Gasteiger partial charge in [-0.25, -0.2) is 9.97 Å². The zero-order chi connectivity index (χ0) is 17.1. The minimum atomic E-state index is -0.466. The van der Waals surface area contributed by atoms with E-state index >= 15 is 0 Å². The smallest absolute Gasteiger partial charge is 0.274 e. The third-order valence-corrected chi connectivity index (χ3v) is 3.62. The summed E-state index contributed by atoms with van der Waals surface area (Å²) >= 11 is 12.1. The molecule has 0 aliphatic rings. The minimum Gasteiger partial charge on any atom is -0.360 e.